The largest absolute Gasteiger partial charge is 0.433 e. The number of hydrogen-bond donors (Lipinski definition) is 1. The summed E-state index contributed by atoms with van der Waals surface area (Å²) in [5.41, 5.74) is 5.16. The zero-order chi connectivity index (χ0) is 11.6. The molecule has 15 heavy (non-hydrogen) atoms. The van der Waals surface area contributed by atoms with Crippen molar-refractivity contribution in [2.45, 2.75) is 18.6 Å². The molecule has 0 saturated carbocycles. The number of alkyl halides is 3. The Kier molecular flexibility index (Phi) is 2.98. The van der Waals surface area contributed by atoms with Crippen LogP contribution in [-0.2, 0) is 0 Å². The van der Waals surface area contributed by atoms with Crippen LogP contribution in [-0.4, -0.2) is 11.1 Å². The van der Waals surface area contributed by atoms with Crippen LogP contribution in [0.1, 0.15) is 18.2 Å². The smallest absolute Gasteiger partial charge is 0.404 e. The molecule has 0 unspecified atom stereocenters. The highest BCUT2D eigenvalue weighted by atomic mass is 19.4. The Morgan fingerprint density at radius 2 is 2.13 bits per heavy atom. The molecule has 0 fully saturated rings. The van der Waals surface area contributed by atoms with Gasteiger partial charge in [0.2, 0.25) is 0 Å². The number of nitrogens with zero attached hydrogens (tertiary/aromatic N) is 1. The van der Waals surface area contributed by atoms with Crippen molar-refractivity contribution >= 4 is 5.88 Å². The number of furan rings is 1. The predicted molar refractivity (Wildman–Crippen MR) is 43.0 cm³/mol. The minimum Gasteiger partial charge on any atom is -0.404 e. The summed E-state index contributed by atoms with van der Waals surface area (Å²) in [5.74, 6) is -0.873. The highest BCUT2D eigenvalue weighted by molar-refractivity contribution is 5.19. The summed E-state index contributed by atoms with van der Waals surface area (Å²) in [5, 5.41) is 10.2. The predicted octanol–water partition coefficient (Wildman–Crippen LogP) is 2.14. The summed E-state index contributed by atoms with van der Waals surface area (Å²) in [4.78, 5) is 9.33. The van der Waals surface area contributed by atoms with E-state index in [4.69, 9.17) is 5.73 Å². The third kappa shape index (κ3) is 3.24. The lowest BCUT2D eigenvalue weighted by atomic mass is 10.2. The summed E-state index contributed by atoms with van der Waals surface area (Å²) in [6, 6.07) is 0.610. The molecular weight excluding hydrogens is 217 g/mol. The number of nitro groups is 1. The minimum atomic E-state index is -4.43. The van der Waals surface area contributed by atoms with Crippen LogP contribution in [0.2, 0.25) is 0 Å². The van der Waals surface area contributed by atoms with E-state index in [9.17, 15) is 23.3 Å². The van der Waals surface area contributed by atoms with Gasteiger partial charge in [0.05, 0.1) is 18.5 Å². The Bertz CT molecular complexity index is 361. The van der Waals surface area contributed by atoms with Gasteiger partial charge in [-0.1, -0.05) is 0 Å². The molecule has 0 aliphatic rings. The Balaban J connectivity index is 2.74. The van der Waals surface area contributed by atoms with Gasteiger partial charge in [0.15, 0.2) is 0 Å². The number of nitrogens with two attached hydrogens (primary N) is 1. The first-order valence-electron chi connectivity index (χ1n) is 3.86. The first-order chi connectivity index (χ1) is 6.79. The molecule has 1 aromatic rings. The van der Waals surface area contributed by atoms with E-state index in [1.165, 1.54) is 0 Å². The molecule has 0 aromatic carbocycles. The van der Waals surface area contributed by atoms with E-state index >= 15 is 0 Å². The molecule has 84 valence electrons. The Morgan fingerprint density at radius 3 is 2.53 bits per heavy atom. The molecule has 0 bridgehead atoms. The van der Waals surface area contributed by atoms with E-state index in [1.807, 2.05) is 0 Å². The fourth-order valence-electron chi connectivity index (χ4n) is 0.990. The van der Waals surface area contributed by atoms with Crippen LogP contribution < -0.4 is 5.73 Å². The van der Waals surface area contributed by atoms with E-state index in [0.29, 0.717) is 0 Å². The SMILES string of the molecule is N[C@@H](CC(F)(F)F)c1ccc([N+](=O)[O-])o1. The van der Waals surface area contributed by atoms with Gasteiger partial charge in [-0.25, -0.2) is 0 Å². The Labute approximate surface area is 81.8 Å². The van der Waals surface area contributed by atoms with Gasteiger partial charge in [-0.15, -0.1) is 0 Å². The highest BCUT2D eigenvalue weighted by Crippen LogP contribution is 2.29. The van der Waals surface area contributed by atoms with Crippen molar-refractivity contribution in [1.29, 1.82) is 0 Å². The average Bonchev–Trinajstić information content (AvgIpc) is 2.47. The number of hydrogen-bond acceptors (Lipinski definition) is 4. The molecule has 0 saturated heterocycles. The monoisotopic (exact) mass is 224 g/mol. The molecule has 0 amide bonds. The van der Waals surface area contributed by atoms with Crippen molar-refractivity contribution in [1.82, 2.24) is 0 Å². The van der Waals surface area contributed by atoms with Crippen molar-refractivity contribution < 1.29 is 22.5 Å². The van der Waals surface area contributed by atoms with Crippen molar-refractivity contribution in [2.75, 3.05) is 0 Å². The van der Waals surface area contributed by atoms with Gasteiger partial charge in [-0.2, -0.15) is 13.2 Å². The zero-order valence-corrected chi connectivity index (χ0v) is 7.32. The van der Waals surface area contributed by atoms with Gasteiger partial charge in [0.1, 0.15) is 10.7 Å². The summed E-state index contributed by atoms with van der Waals surface area (Å²) < 4.78 is 40.2. The maximum Gasteiger partial charge on any atom is 0.433 e. The molecule has 0 spiro atoms. The van der Waals surface area contributed by atoms with E-state index < -0.39 is 29.4 Å². The maximum atomic E-state index is 11.9. The molecule has 8 heteroatoms. The fourth-order valence-corrected chi connectivity index (χ4v) is 0.990. The highest BCUT2D eigenvalue weighted by Gasteiger charge is 2.32. The summed E-state index contributed by atoms with van der Waals surface area (Å²) in [6.45, 7) is 0. The van der Waals surface area contributed by atoms with Gasteiger partial charge < -0.3 is 10.2 Å². The number of rotatable bonds is 3. The van der Waals surface area contributed by atoms with Crippen LogP contribution >= 0.6 is 0 Å². The molecular formula is C7H7F3N2O3. The first kappa shape index (κ1) is 11.5. The zero-order valence-electron chi connectivity index (χ0n) is 7.32. The van der Waals surface area contributed by atoms with E-state index in [2.05, 4.69) is 4.42 Å². The molecule has 5 nitrogen and oxygen atoms in total. The minimum absolute atomic E-state index is 0.251. The Hall–Kier alpha value is -1.57. The lowest BCUT2D eigenvalue weighted by molar-refractivity contribution is -0.402. The van der Waals surface area contributed by atoms with E-state index in [-0.39, 0.29) is 5.76 Å². The second-order valence-electron chi connectivity index (χ2n) is 2.86. The van der Waals surface area contributed by atoms with Crippen molar-refractivity contribution in [2.24, 2.45) is 5.73 Å². The van der Waals surface area contributed by atoms with Gasteiger partial charge in [-0.3, -0.25) is 10.1 Å². The van der Waals surface area contributed by atoms with Crippen LogP contribution in [0.5, 0.6) is 0 Å². The average molecular weight is 224 g/mol. The van der Waals surface area contributed by atoms with E-state index in [0.717, 1.165) is 12.1 Å². The standard InChI is InChI=1S/C7H7F3N2O3/c8-7(9,10)3-4(11)5-1-2-6(15-5)12(13)14/h1-2,4H,3,11H2/t4-/m0/s1. The first-order valence-corrected chi connectivity index (χ1v) is 3.86. The molecule has 2 N–H and O–H groups in total. The summed E-state index contributed by atoms with van der Waals surface area (Å²) >= 11 is 0. The quantitative estimate of drug-likeness (QED) is 0.629. The van der Waals surface area contributed by atoms with Crippen LogP contribution in [0.25, 0.3) is 0 Å². The number of halogens is 3. The second-order valence-corrected chi connectivity index (χ2v) is 2.86. The fraction of sp³-hybridized carbons (Fsp3) is 0.429. The molecule has 1 rings (SSSR count). The third-order valence-corrected chi connectivity index (χ3v) is 1.61. The molecule has 1 heterocycles. The lowest BCUT2D eigenvalue weighted by Crippen LogP contribution is -2.19. The molecule has 0 aliphatic heterocycles. The van der Waals surface area contributed by atoms with Crippen molar-refractivity contribution in [3.8, 4) is 0 Å². The van der Waals surface area contributed by atoms with Gasteiger partial charge in [0.25, 0.3) is 0 Å². The van der Waals surface area contributed by atoms with Gasteiger partial charge >= 0.3 is 12.1 Å². The summed E-state index contributed by atoms with van der Waals surface area (Å²) in [7, 11) is 0. The second kappa shape index (κ2) is 3.89. The normalized spacial score (nSPS) is 13.9. The van der Waals surface area contributed by atoms with E-state index in [1.54, 1.807) is 0 Å². The third-order valence-electron chi connectivity index (χ3n) is 1.61. The van der Waals surface area contributed by atoms with Crippen molar-refractivity contribution in [3.63, 3.8) is 0 Å². The topological polar surface area (TPSA) is 82.3 Å². The van der Waals surface area contributed by atoms with Crippen LogP contribution in [0.3, 0.4) is 0 Å². The molecule has 0 radical (unpaired) electrons. The van der Waals surface area contributed by atoms with Crippen LogP contribution in [0, 0.1) is 10.1 Å². The molecule has 1 atom stereocenters. The lowest BCUT2D eigenvalue weighted by Gasteiger charge is -2.10. The van der Waals surface area contributed by atoms with Gasteiger partial charge in [-0.05, 0) is 6.07 Å². The van der Waals surface area contributed by atoms with Crippen LogP contribution in [0.4, 0.5) is 19.1 Å². The summed E-state index contributed by atoms with van der Waals surface area (Å²) in [6.07, 6.45) is -5.71. The van der Waals surface area contributed by atoms with Crippen molar-refractivity contribution in [3.05, 3.63) is 28.0 Å². The molecule has 0 aliphatic carbocycles. The molecule has 1 aromatic heterocycles. The maximum absolute atomic E-state index is 11.9. The Morgan fingerprint density at radius 1 is 1.53 bits per heavy atom. The van der Waals surface area contributed by atoms with Crippen LogP contribution in [0.15, 0.2) is 16.5 Å². The van der Waals surface area contributed by atoms with Gasteiger partial charge in [0, 0.05) is 0 Å².